The van der Waals surface area contributed by atoms with Crippen LogP contribution in [-0.2, 0) is 10.0 Å². The van der Waals surface area contributed by atoms with Crippen molar-refractivity contribution in [1.29, 1.82) is 0 Å². The molecule has 1 heterocycles. The lowest BCUT2D eigenvalue weighted by atomic mass is 10.2. The van der Waals surface area contributed by atoms with Crippen LogP contribution in [0.2, 0.25) is 0 Å². The number of nitrogens with one attached hydrogen (secondary N) is 1. The quantitative estimate of drug-likeness (QED) is 0.823. The molecule has 1 aliphatic heterocycles. The number of amides is 1. The summed E-state index contributed by atoms with van der Waals surface area (Å²) < 4.78 is 31.7. The molecule has 1 aromatic rings. The zero-order valence-corrected chi connectivity index (χ0v) is 12.3. The highest BCUT2D eigenvalue weighted by molar-refractivity contribution is 8.15. The SMILES string of the molecule is COc1ccc(S(=O)(=O)NC2=NCCS2)cc1C(N)=O. The van der Waals surface area contributed by atoms with Crippen molar-refractivity contribution in [2.75, 3.05) is 19.4 Å². The van der Waals surface area contributed by atoms with E-state index in [2.05, 4.69) is 9.71 Å². The molecule has 0 aliphatic carbocycles. The Morgan fingerprint density at radius 3 is 2.80 bits per heavy atom. The van der Waals surface area contributed by atoms with Gasteiger partial charge >= 0.3 is 0 Å². The van der Waals surface area contributed by atoms with Gasteiger partial charge in [0.15, 0.2) is 5.17 Å². The number of nitrogens with two attached hydrogens (primary N) is 1. The Kier molecular flexibility index (Phi) is 4.19. The van der Waals surface area contributed by atoms with Crippen molar-refractivity contribution in [3.63, 3.8) is 0 Å². The average molecular weight is 315 g/mol. The van der Waals surface area contributed by atoms with E-state index in [4.69, 9.17) is 10.5 Å². The fourth-order valence-electron chi connectivity index (χ4n) is 1.62. The van der Waals surface area contributed by atoms with Gasteiger partial charge in [0.2, 0.25) is 0 Å². The molecule has 0 unspecified atom stereocenters. The van der Waals surface area contributed by atoms with Crippen LogP contribution in [0.4, 0.5) is 0 Å². The highest BCUT2D eigenvalue weighted by Crippen LogP contribution is 2.22. The molecule has 0 radical (unpaired) electrons. The number of thioether (sulfide) groups is 1. The highest BCUT2D eigenvalue weighted by atomic mass is 32.2. The van der Waals surface area contributed by atoms with E-state index < -0.39 is 15.9 Å². The molecule has 9 heteroatoms. The molecule has 0 atom stereocenters. The van der Waals surface area contributed by atoms with Crippen molar-refractivity contribution < 1.29 is 17.9 Å². The van der Waals surface area contributed by atoms with Gasteiger partial charge in [-0.25, -0.2) is 8.42 Å². The van der Waals surface area contributed by atoms with Crippen molar-refractivity contribution in [2.45, 2.75) is 4.90 Å². The summed E-state index contributed by atoms with van der Waals surface area (Å²) in [6.07, 6.45) is 0. The number of hydrogen-bond donors (Lipinski definition) is 2. The lowest BCUT2D eigenvalue weighted by Gasteiger charge is -2.10. The third kappa shape index (κ3) is 3.05. The van der Waals surface area contributed by atoms with Gasteiger partial charge in [-0.05, 0) is 18.2 Å². The first-order chi connectivity index (χ1) is 9.44. The van der Waals surface area contributed by atoms with Crippen molar-refractivity contribution >= 4 is 32.9 Å². The van der Waals surface area contributed by atoms with Crippen LogP contribution in [-0.4, -0.2) is 38.9 Å². The second-order valence-corrected chi connectivity index (χ2v) is 6.63. The van der Waals surface area contributed by atoms with Gasteiger partial charge in [0.25, 0.3) is 15.9 Å². The summed E-state index contributed by atoms with van der Waals surface area (Å²) in [5.74, 6) is 0.211. The Bertz CT molecular complexity index is 670. The second kappa shape index (κ2) is 5.71. The highest BCUT2D eigenvalue weighted by Gasteiger charge is 2.21. The third-order valence-corrected chi connectivity index (χ3v) is 4.91. The molecule has 108 valence electrons. The van der Waals surface area contributed by atoms with E-state index in [1.165, 1.54) is 37.1 Å². The van der Waals surface area contributed by atoms with E-state index in [0.29, 0.717) is 11.7 Å². The van der Waals surface area contributed by atoms with Gasteiger partial charge in [0.1, 0.15) is 5.75 Å². The molecule has 0 fully saturated rings. The Morgan fingerprint density at radius 1 is 1.50 bits per heavy atom. The van der Waals surface area contributed by atoms with Crippen LogP contribution < -0.4 is 15.2 Å². The largest absolute Gasteiger partial charge is 0.496 e. The van der Waals surface area contributed by atoms with Gasteiger partial charge in [-0.3, -0.25) is 14.5 Å². The maximum absolute atomic E-state index is 12.2. The minimum Gasteiger partial charge on any atom is -0.496 e. The molecule has 3 N–H and O–H groups in total. The zero-order chi connectivity index (χ0) is 14.8. The molecular formula is C11H13N3O4S2. The fraction of sp³-hybridized carbons (Fsp3) is 0.273. The summed E-state index contributed by atoms with van der Waals surface area (Å²) in [4.78, 5) is 15.2. The molecule has 0 spiro atoms. The number of benzene rings is 1. The summed E-state index contributed by atoms with van der Waals surface area (Å²) >= 11 is 1.33. The number of sulfonamides is 1. The number of carbonyl (C=O) groups excluding carboxylic acids is 1. The van der Waals surface area contributed by atoms with Gasteiger partial charge in [-0.2, -0.15) is 0 Å². The van der Waals surface area contributed by atoms with Crippen LogP contribution in [0.1, 0.15) is 10.4 Å². The van der Waals surface area contributed by atoms with Crippen molar-refractivity contribution in [2.24, 2.45) is 10.7 Å². The number of carbonyl (C=O) groups is 1. The molecular weight excluding hydrogens is 302 g/mol. The predicted molar refractivity (Wildman–Crippen MR) is 76.6 cm³/mol. The summed E-state index contributed by atoms with van der Waals surface area (Å²) in [6.45, 7) is 0.581. The average Bonchev–Trinajstić information content (AvgIpc) is 2.89. The molecule has 0 saturated heterocycles. The van der Waals surface area contributed by atoms with E-state index >= 15 is 0 Å². The second-order valence-electron chi connectivity index (χ2n) is 3.87. The predicted octanol–water partition coefficient (Wildman–Crippen LogP) is 0.175. The lowest BCUT2D eigenvalue weighted by Crippen LogP contribution is -2.28. The van der Waals surface area contributed by atoms with Crippen LogP contribution in [0.5, 0.6) is 5.75 Å². The van der Waals surface area contributed by atoms with E-state index in [-0.39, 0.29) is 16.2 Å². The number of amidine groups is 1. The molecule has 2 rings (SSSR count). The van der Waals surface area contributed by atoms with Crippen LogP contribution in [0, 0.1) is 0 Å². The Labute approximate surface area is 120 Å². The van der Waals surface area contributed by atoms with Gasteiger partial charge in [-0.15, -0.1) is 0 Å². The number of hydrogen-bond acceptors (Lipinski definition) is 6. The van der Waals surface area contributed by atoms with Crippen LogP contribution in [0.3, 0.4) is 0 Å². The minimum absolute atomic E-state index is 0.0105. The van der Waals surface area contributed by atoms with Gasteiger partial charge in [0, 0.05) is 5.75 Å². The molecule has 0 bridgehead atoms. The Balaban J connectivity index is 2.36. The standard InChI is InChI=1S/C11H13N3O4S2/c1-18-9-3-2-7(6-8(9)10(12)15)20(16,17)14-11-13-4-5-19-11/h2-3,6H,4-5H2,1H3,(H2,12,15)(H,13,14). The molecule has 0 aromatic heterocycles. The maximum Gasteiger partial charge on any atom is 0.263 e. The third-order valence-electron chi connectivity index (χ3n) is 2.55. The first-order valence-electron chi connectivity index (χ1n) is 5.62. The summed E-state index contributed by atoms with van der Waals surface area (Å²) in [5, 5.41) is 0.349. The molecule has 20 heavy (non-hydrogen) atoms. The molecule has 1 aliphatic rings. The van der Waals surface area contributed by atoms with Crippen LogP contribution in [0.25, 0.3) is 0 Å². The van der Waals surface area contributed by atoms with Crippen molar-refractivity contribution in [1.82, 2.24) is 4.72 Å². The lowest BCUT2D eigenvalue weighted by molar-refractivity contribution is 0.0997. The minimum atomic E-state index is -3.79. The number of nitrogens with zero attached hydrogens (tertiary/aromatic N) is 1. The van der Waals surface area contributed by atoms with Crippen molar-refractivity contribution in [3.05, 3.63) is 23.8 Å². The Morgan fingerprint density at radius 2 is 2.25 bits per heavy atom. The van der Waals surface area contributed by atoms with Crippen LogP contribution >= 0.6 is 11.8 Å². The van der Waals surface area contributed by atoms with Gasteiger partial charge in [-0.1, -0.05) is 11.8 Å². The van der Waals surface area contributed by atoms with Gasteiger partial charge < -0.3 is 10.5 Å². The molecule has 1 amide bonds. The number of aliphatic imine (C=N–C) groups is 1. The zero-order valence-electron chi connectivity index (χ0n) is 10.6. The summed E-state index contributed by atoms with van der Waals surface area (Å²) in [7, 11) is -2.42. The summed E-state index contributed by atoms with van der Waals surface area (Å²) in [5.41, 5.74) is 5.21. The fourth-order valence-corrected chi connectivity index (χ4v) is 3.67. The summed E-state index contributed by atoms with van der Waals surface area (Å²) in [6, 6.07) is 3.91. The molecule has 1 aromatic carbocycles. The normalized spacial score (nSPS) is 14.8. The van der Waals surface area contributed by atoms with Crippen molar-refractivity contribution in [3.8, 4) is 5.75 Å². The van der Waals surface area contributed by atoms with Gasteiger partial charge in [0.05, 0.1) is 24.1 Å². The number of rotatable bonds is 4. The topological polar surface area (TPSA) is 111 Å². The number of primary amides is 1. The number of methoxy groups -OCH3 is 1. The smallest absolute Gasteiger partial charge is 0.263 e. The first-order valence-corrected chi connectivity index (χ1v) is 8.09. The Hall–Kier alpha value is -1.74. The van der Waals surface area contributed by atoms with E-state index in [1.807, 2.05) is 0 Å². The van der Waals surface area contributed by atoms with E-state index in [9.17, 15) is 13.2 Å². The molecule has 0 saturated carbocycles. The molecule has 7 nitrogen and oxygen atoms in total. The van der Waals surface area contributed by atoms with Crippen LogP contribution in [0.15, 0.2) is 28.1 Å². The monoisotopic (exact) mass is 315 g/mol. The first kappa shape index (κ1) is 14.7. The van der Waals surface area contributed by atoms with E-state index in [0.717, 1.165) is 5.75 Å². The number of ether oxygens (including phenoxy) is 1. The van der Waals surface area contributed by atoms with E-state index in [1.54, 1.807) is 0 Å². The maximum atomic E-state index is 12.2.